The van der Waals surface area contributed by atoms with Gasteiger partial charge in [0.2, 0.25) is 0 Å². The molecule has 0 heterocycles. The number of nitrogens with zero attached hydrogens (tertiary/aromatic N) is 2. The Hall–Kier alpha value is -0.480. The van der Waals surface area contributed by atoms with Gasteiger partial charge in [-0.1, -0.05) is 0 Å². The van der Waals surface area contributed by atoms with E-state index < -0.39 is 0 Å². The van der Waals surface area contributed by atoms with Crippen molar-refractivity contribution in [1.82, 2.24) is 0 Å². The predicted octanol–water partition coefficient (Wildman–Crippen LogP) is 1.77. The largest absolute Gasteiger partial charge is 0.229 e. The van der Waals surface area contributed by atoms with E-state index in [1.54, 1.807) is 7.05 Å². The number of rotatable bonds is 3. The van der Waals surface area contributed by atoms with E-state index in [0.717, 1.165) is 0 Å². The van der Waals surface area contributed by atoms with E-state index in [1.165, 1.54) is 0 Å². The summed E-state index contributed by atoms with van der Waals surface area (Å²) < 4.78 is 0. The standard InChI is InChI=1S/C6H14N2O2/c1-6(2,3)10-9-5-8-7-4/h5H2,1-4H3. The van der Waals surface area contributed by atoms with Gasteiger partial charge < -0.3 is 0 Å². The average molecular weight is 146 g/mol. The van der Waals surface area contributed by atoms with Gasteiger partial charge in [-0.3, -0.25) is 0 Å². The maximum atomic E-state index is 4.88. The number of hydrogen-bond donors (Lipinski definition) is 0. The lowest BCUT2D eigenvalue weighted by atomic mass is 10.2. The van der Waals surface area contributed by atoms with Gasteiger partial charge in [0.05, 0.1) is 5.60 Å². The van der Waals surface area contributed by atoms with Crippen LogP contribution in [0, 0.1) is 0 Å². The monoisotopic (exact) mass is 146 g/mol. The van der Waals surface area contributed by atoms with Gasteiger partial charge in [-0.2, -0.15) is 10.2 Å². The van der Waals surface area contributed by atoms with Gasteiger partial charge in [0.1, 0.15) is 0 Å². The minimum Gasteiger partial charge on any atom is -0.229 e. The molecular weight excluding hydrogens is 132 g/mol. The second-order valence-corrected chi connectivity index (χ2v) is 2.78. The minimum atomic E-state index is -0.275. The highest BCUT2D eigenvalue weighted by atomic mass is 17.2. The molecule has 10 heavy (non-hydrogen) atoms. The maximum Gasteiger partial charge on any atom is 0.192 e. The van der Waals surface area contributed by atoms with Crippen LogP contribution >= 0.6 is 0 Å². The fourth-order valence-corrected chi connectivity index (χ4v) is 0.284. The topological polar surface area (TPSA) is 43.2 Å². The summed E-state index contributed by atoms with van der Waals surface area (Å²) in [7, 11) is 1.58. The number of azo groups is 1. The Balaban J connectivity index is 3.20. The molecule has 60 valence electrons. The van der Waals surface area contributed by atoms with E-state index >= 15 is 0 Å². The molecule has 0 atom stereocenters. The molecule has 0 radical (unpaired) electrons. The Labute approximate surface area is 61.2 Å². The molecule has 0 spiro atoms. The Bertz CT molecular complexity index is 107. The normalized spacial score (nSPS) is 12.8. The maximum absolute atomic E-state index is 4.88. The van der Waals surface area contributed by atoms with E-state index in [1.807, 2.05) is 20.8 Å². The molecule has 0 fully saturated rings. The molecular formula is C6H14N2O2. The third kappa shape index (κ3) is 7.52. The van der Waals surface area contributed by atoms with Crippen LogP contribution in [0.1, 0.15) is 20.8 Å². The molecule has 0 amide bonds. The van der Waals surface area contributed by atoms with Crippen LogP contribution < -0.4 is 0 Å². The van der Waals surface area contributed by atoms with Gasteiger partial charge in [0, 0.05) is 7.05 Å². The van der Waals surface area contributed by atoms with Crippen molar-refractivity contribution < 1.29 is 9.78 Å². The Kier molecular flexibility index (Phi) is 4.14. The van der Waals surface area contributed by atoms with Crippen molar-refractivity contribution in [3.8, 4) is 0 Å². The van der Waals surface area contributed by atoms with Crippen LogP contribution in [0.3, 0.4) is 0 Å². The van der Waals surface area contributed by atoms with Crippen LogP contribution in [0.4, 0.5) is 0 Å². The van der Waals surface area contributed by atoms with Crippen LogP contribution in [-0.2, 0) is 9.78 Å². The fraction of sp³-hybridized carbons (Fsp3) is 1.00. The smallest absolute Gasteiger partial charge is 0.192 e. The second-order valence-electron chi connectivity index (χ2n) is 2.78. The van der Waals surface area contributed by atoms with Crippen molar-refractivity contribution in [1.29, 1.82) is 0 Å². The zero-order chi connectivity index (χ0) is 8.04. The zero-order valence-corrected chi connectivity index (χ0v) is 6.92. The highest BCUT2D eigenvalue weighted by molar-refractivity contribution is 4.54. The first-order chi connectivity index (χ1) is 4.56. The fourth-order valence-electron chi connectivity index (χ4n) is 0.284. The molecule has 0 saturated heterocycles. The van der Waals surface area contributed by atoms with Gasteiger partial charge in [-0.15, -0.1) is 0 Å². The molecule has 4 nitrogen and oxygen atoms in total. The van der Waals surface area contributed by atoms with Crippen LogP contribution in [0.5, 0.6) is 0 Å². The first kappa shape index (κ1) is 9.52. The van der Waals surface area contributed by atoms with E-state index in [0.29, 0.717) is 0 Å². The van der Waals surface area contributed by atoms with Gasteiger partial charge in [-0.25, -0.2) is 9.78 Å². The van der Waals surface area contributed by atoms with E-state index in [2.05, 4.69) is 15.1 Å². The molecule has 0 saturated carbocycles. The van der Waals surface area contributed by atoms with E-state index in [9.17, 15) is 0 Å². The first-order valence-corrected chi connectivity index (χ1v) is 3.12. The summed E-state index contributed by atoms with van der Waals surface area (Å²) in [6, 6.07) is 0. The molecule has 4 heteroatoms. The summed E-state index contributed by atoms with van der Waals surface area (Å²) >= 11 is 0. The predicted molar refractivity (Wildman–Crippen MR) is 37.6 cm³/mol. The molecule has 0 N–H and O–H groups in total. The average Bonchev–Trinajstić information content (AvgIpc) is 1.78. The van der Waals surface area contributed by atoms with Gasteiger partial charge in [0.25, 0.3) is 0 Å². The van der Waals surface area contributed by atoms with Gasteiger partial charge >= 0.3 is 0 Å². The van der Waals surface area contributed by atoms with Crippen molar-refractivity contribution in [3.63, 3.8) is 0 Å². The Morgan fingerprint density at radius 1 is 1.30 bits per heavy atom. The summed E-state index contributed by atoms with van der Waals surface area (Å²) in [6.45, 7) is 5.86. The third-order valence-corrected chi connectivity index (χ3v) is 0.561. The van der Waals surface area contributed by atoms with E-state index in [4.69, 9.17) is 4.89 Å². The van der Waals surface area contributed by atoms with Crippen molar-refractivity contribution >= 4 is 0 Å². The molecule has 0 aromatic carbocycles. The van der Waals surface area contributed by atoms with Crippen LogP contribution in [0.25, 0.3) is 0 Å². The Morgan fingerprint density at radius 2 is 1.90 bits per heavy atom. The van der Waals surface area contributed by atoms with Crippen LogP contribution in [-0.4, -0.2) is 19.4 Å². The summed E-state index contributed by atoms with van der Waals surface area (Å²) in [6.07, 6.45) is 0. The van der Waals surface area contributed by atoms with Crippen molar-refractivity contribution in [3.05, 3.63) is 0 Å². The lowest BCUT2D eigenvalue weighted by molar-refractivity contribution is -0.347. The lowest BCUT2D eigenvalue weighted by Gasteiger charge is -2.15. The third-order valence-electron chi connectivity index (χ3n) is 0.561. The molecule has 0 rings (SSSR count). The lowest BCUT2D eigenvalue weighted by Crippen LogP contribution is -2.19. The van der Waals surface area contributed by atoms with Crippen molar-refractivity contribution in [2.75, 3.05) is 13.8 Å². The van der Waals surface area contributed by atoms with Crippen molar-refractivity contribution in [2.45, 2.75) is 26.4 Å². The Morgan fingerprint density at radius 3 is 2.30 bits per heavy atom. The quantitative estimate of drug-likeness (QED) is 0.263. The van der Waals surface area contributed by atoms with Crippen molar-refractivity contribution in [2.24, 2.45) is 10.2 Å². The first-order valence-electron chi connectivity index (χ1n) is 3.12. The zero-order valence-electron chi connectivity index (χ0n) is 6.92. The van der Waals surface area contributed by atoms with Crippen LogP contribution in [0.2, 0.25) is 0 Å². The highest BCUT2D eigenvalue weighted by Gasteiger charge is 2.10. The molecule has 0 bridgehead atoms. The molecule has 0 unspecified atom stereocenters. The number of hydrogen-bond acceptors (Lipinski definition) is 4. The molecule has 0 aromatic rings. The molecule has 0 aliphatic rings. The molecule has 0 aliphatic heterocycles. The minimum absolute atomic E-state index is 0.160. The second kappa shape index (κ2) is 4.35. The summed E-state index contributed by atoms with van der Waals surface area (Å²) in [5.74, 6) is 0. The highest BCUT2D eigenvalue weighted by Crippen LogP contribution is 2.06. The molecule has 0 aromatic heterocycles. The van der Waals surface area contributed by atoms with Gasteiger partial charge in [-0.05, 0) is 20.8 Å². The summed E-state index contributed by atoms with van der Waals surface area (Å²) in [5.41, 5.74) is -0.275. The summed E-state index contributed by atoms with van der Waals surface area (Å²) in [5, 5.41) is 7.03. The van der Waals surface area contributed by atoms with Gasteiger partial charge in [0.15, 0.2) is 6.73 Å². The molecule has 0 aliphatic carbocycles. The SMILES string of the molecule is CN=NCOOC(C)(C)C. The van der Waals surface area contributed by atoms with Crippen LogP contribution in [0.15, 0.2) is 10.2 Å². The summed E-state index contributed by atoms with van der Waals surface area (Å²) in [4.78, 5) is 9.56. The van der Waals surface area contributed by atoms with E-state index in [-0.39, 0.29) is 12.3 Å².